The van der Waals surface area contributed by atoms with Crippen LogP contribution in [0.4, 0.5) is 10.1 Å². The molecule has 0 bridgehead atoms. The van der Waals surface area contributed by atoms with E-state index in [2.05, 4.69) is 5.32 Å². The number of non-ortho nitro benzene ring substituents is 1. The van der Waals surface area contributed by atoms with E-state index in [-0.39, 0.29) is 28.4 Å². The number of amides is 1. The van der Waals surface area contributed by atoms with Crippen LogP contribution in [0, 0.1) is 15.9 Å². The zero-order valence-corrected chi connectivity index (χ0v) is 12.5. The van der Waals surface area contributed by atoms with E-state index in [9.17, 15) is 19.3 Å². The summed E-state index contributed by atoms with van der Waals surface area (Å²) in [6.45, 7) is -0.346. The minimum Gasteiger partial charge on any atom is -0.392 e. The second kappa shape index (κ2) is 7.17. The lowest BCUT2D eigenvalue weighted by molar-refractivity contribution is -0.384. The van der Waals surface area contributed by atoms with Gasteiger partial charge in [-0.3, -0.25) is 14.9 Å². The summed E-state index contributed by atoms with van der Waals surface area (Å²) < 4.78 is 13.3. The molecule has 0 aliphatic carbocycles. The number of carbonyl (C=O) groups excluding carboxylic acids is 1. The molecule has 0 aromatic heterocycles. The Labute approximate surface area is 135 Å². The zero-order chi connectivity index (χ0) is 17.0. The lowest BCUT2D eigenvalue weighted by Gasteiger charge is -2.08. The highest BCUT2D eigenvalue weighted by atomic mass is 35.5. The quantitative estimate of drug-likeness (QED) is 0.647. The number of benzene rings is 2. The van der Waals surface area contributed by atoms with E-state index in [1.165, 1.54) is 30.3 Å². The first-order chi connectivity index (χ1) is 10.9. The Bertz CT molecular complexity index is 767. The van der Waals surface area contributed by atoms with Crippen molar-refractivity contribution in [1.82, 2.24) is 5.32 Å². The van der Waals surface area contributed by atoms with Gasteiger partial charge < -0.3 is 10.4 Å². The van der Waals surface area contributed by atoms with Gasteiger partial charge in [0.25, 0.3) is 11.6 Å². The zero-order valence-electron chi connectivity index (χ0n) is 11.8. The molecule has 0 atom stereocenters. The molecular weight excluding hydrogens is 327 g/mol. The average molecular weight is 339 g/mol. The first-order valence-corrected chi connectivity index (χ1v) is 6.90. The van der Waals surface area contributed by atoms with Gasteiger partial charge in [0.15, 0.2) is 0 Å². The van der Waals surface area contributed by atoms with E-state index < -0.39 is 23.3 Å². The van der Waals surface area contributed by atoms with Crippen molar-refractivity contribution < 1.29 is 19.2 Å². The van der Waals surface area contributed by atoms with Gasteiger partial charge >= 0.3 is 0 Å². The molecule has 0 spiro atoms. The van der Waals surface area contributed by atoms with Crippen LogP contribution >= 0.6 is 11.6 Å². The number of nitrogens with one attached hydrogen (secondary N) is 1. The van der Waals surface area contributed by atoms with Crippen molar-refractivity contribution in [2.24, 2.45) is 0 Å². The van der Waals surface area contributed by atoms with E-state index in [4.69, 9.17) is 16.7 Å². The van der Waals surface area contributed by atoms with Gasteiger partial charge in [0, 0.05) is 24.2 Å². The Morgan fingerprint density at radius 3 is 2.65 bits per heavy atom. The van der Waals surface area contributed by atoms with Gasteiger partial charge in [-0.15, -0.1) is 0 Å². The van der Waals surface area contributed by atoms with Gasteiger partial charge in [0.1, 0.15) is 5.82 Å². The van der Waals surface area contributed by atoms with Crippen LogP contribution in [0.25, 0.3) is 0 Å². The summed E-state index contributed by atoms with van der Waals surface area (Å²) in [5.74, 6) is -1.04. The molecule has 0 aliphatic rings. The number of halogens is 2. The van der Waals surface area contributed by atoms with Crippen LogP contribution in [0.15, 0.2) is 36.4 Å². The Hall–Kier alpha value is -2.51. The number of nitrogens with zero attached hydrogens (tertiary/aromatic N) is 1. The fourth-order valence-electron chi connectivity index (χ4n) is 1.94. The van der Waals surface area contributed by atoms with Crippen molar-refractivity contribution in [2.45, 2.75) is 13.2 Å². The van der Waals surface area contributed by atoms with Gasteiger partial charge in [-0.2, -0.15) is 0 Å². The molecule has 23 heavy (non-hydrogen) atoms. The molecule has 2 rings (SSSR count). The predicted molar refractivity (Wildman–Crippen MR) is 81.6 cm³/mol. The molecule has 2 aromatic rings. The third kappa shape index (κ3) is 4.02. The predicted octanol–water partition coefficient (Wildman–Crippen LogP) is 2.81. The molecule has 0 saturated carbocycles. The minimum atomic E-state index is -0.609. The van der Waals surface area contributed by atoms with Crippen LogP contribution in [0.1, 0.15) is 21.5 Å². The largest absolute Gasteiger partial charge is 0.392 e. The van der Waals surface area contributed by atoms with E-state index in [0.29, 0.717) is 5.56 Å². The van der Waals surface area contributed by atoms with Gasteiger partial charge in [-0.25, -0.2) is 4.39 Å². The van der Waals surface area contributed by atoms with Crippen molar-refractivity contribution in [3.05, 3.63) is 74.0 Å². The summed E-state index contributed by atoms with van der Waals surface area (Å²) in [7, 11) is 0. The number of aliphatic hydroxyl groups is 1. The fraction of sp³-hybridized carbons (Fsp3) is 0.133. The van der Waals surface area contributed by atoms with Gasteiger partial charge in [0.05, 0.1) is 22.1 Å². The SMILES string of the molecule is O=C(NCc1ccc(F)c(CO)c1)c1ccc([N+](=O)[O-])cc1Cl. The smallest absolute Gasteiger partial charge is 0.270 e. The summed E-state index contributed by atoms with van der Waals surface area (Å²) >= 11 is 5.87. The standard InChI is InChI=1S/C15H12ClFN2O4/c16-13-6-11(19(22)23)2-3-12(13)15(21)18-7-9-1-4-14(17)10(5-9)8-20/h1-6,20H,7-8H2,(H,18,21). The molecule has 0 radical (unpaired) electrons. The Kier molecular flexibility index (Phi) is 5.25. The Morgan fingerprint density at radius 1 is 1.30 bits per heavy atom. The van der Waals surface area contributed by atoms with Crippen molar-refractivity contribution in [3.63, 3.8) is 0 Å². The third-order valence-corrected chi connectivity index (χ3v) is 3.45. The topological polar surface area (TPSA) is 92.5 Å². The van der Waals surface area contributed by atoms with Gasteiger partial charge in [-0.05, 0) is 23.8 Å². The normalized spacial score (nSPS) is 10.4. The number of carbonyl (C=O) groups is 1. The van der Waals surface area contributed by atoms with E-state index in [1.54, 1.807) is 0 Å². The maximum Gasteiger partial charge on any atom is 0.270 e. The van der Waals surface area contributed by atoms with Gasteiger partial charge in [0.2, 0.25) is 0 Å². The summed E-state index contributed by atoms with van der Waals surface area (Å²) in [5, 5.41) is 22.2. The first kappa shape index (κ1) is 16.9. The fourth-order valence-corrected chi connectivity index (χ4v) is 2.20. The summed E-state index contributed by atoms with van der Waals surface area (Å²) in [5.41, 5.74) is 0.617. The van der Waals surface area contributed by atoms with E-state index >= 15 is 0 Å². The molecule has 0 aliphatic heterocycles. The molecule has 1 amide bonds. The van der Waals surface area contributed by atoms with Crippen LogP contribution in [-0.4, -0.2) is 15.9 Å². The second-order valence-corrected chi connectivity index (χ2v) is 5.10. The second-order valence-electron chi connectivity index (χ2n) is 4.69. The lowest BCUT2D eigenvalue weighted by Crippen LogP contribution is -2.23. The van der Waals surface area contributed by atoms with E-state index in [1.807, 2.05) is 0 Å². The maximum absolute atomic E-state index is 13.3. The molecule has 0 unspecified atom stereocenters. The van der Waals surface area contributed by atoms with E-state index in [0.717, 1.165) is 6.07 Å². The highest BCUT2D eigenvalue weighted by molar-refractivity contribution is 6.34. The molecule has 6 nitrogen and oxygen atoms in total. The number of nitro groups is 1. The molecule has 120 valence electrons. The van der Waals surface area contributed by atoms with Crippen LogP contribution in [0.5, 0.6) is 0 Å². The Morgan fingerprint density at radius 2 is 2.04 bits per heavy atom. The lowest BCUT2D eigenvalue weighted by atomic mass is 10.1. The van der Waals surface area contributed by atoms with Crippen LogP contribution in [-0.2, 0) is 13.2 Å². The first-order valence-electron chi connectivity index (χ1n) is 6.52. The highest BCUT2D eigenvalue weighted by Gasteiger charge is 2.15. The number of hydrogen-bond acceptors (Lipinski definition) is 4. The molecule has 0 heterocycles. The Balaban J connectivity index is 2.09. The minimum absolute atomic E-state index is 0.0353. The summed E-state index contributed by atoms with van der Waals surface area (Å²) in [6, 6.07) is 7.66. The van der Waals surface area contributed by atoms with Crippen LogP contribution < -0.4 is 5.32 Å². The third-order valence-electron chi connectivity index (χ3n) is 3.14. The molecule has 2 N–H and O–H groups in total. The molecule has 8 heteroatoms. The highest BCUT2D eigenvalue weighted by Crippen LogP contribution is 2.22. The molecule has 0 saturated heterocycles. The van der Waals surface area contributed by atoms with Crippen molar-refractivity contribution in [3.8, 4) is 0 Å². The number of hydrogen-bond donors (Lipinski definition) is 2. The molecule has 2 aromatic carbocycles. The van der Waals surface area contributed by atoms with Crippen LogP contribution in [0.2, 0.25) is 5.02 Å². The van der Waals surface area contributed by atoms with Gasteiger partial charge in [-0.1, -0.05) is 17.7 Å². The number of rotatable bonds is 5. The monoisotopic (exact) mass is 338 g/mol. The molecule has 0 fully saturated rings. The van der Waals surface area contributed by atoms with Crippen LogP contribution in [0.3, 0.4) is 0 Å². The van der Waals surface area contributed by atoms with Crippen molar-refractivity contribution in [1.29, 1.82) is 0 Å². The van der Waals surface area contributed by atoms with Crippen molar-refractivity contribution in [2.75, 3.05) is 0 Å². The average Bonchev–Trinajstić information content (AvgIpc) is 2.53. The maximum atomic E-state index is 13.3. The number of nitro benzene ring substituents is 1. The summed E-state index contributed by atoms with van der Waals surface area (Å²) in [6.07, 6.45) is 0. The summed E-state index contributed by atoms with van der Waals surface area (Å²) in [4.78, 5) is 22.1. The number of aliphatic hydroxyl groups excluding tert-OH is 1. The molecular formula is C15H12ClFN2O4. The van der Waals surface area contributed by atoms with Crippen molar-refractivity contribution >= 4 is 23.2 Å².